The number of carbonyl (C=O) groups excluding carboxylic acids is 1. The molecule has 0 aliphatic rings. The number of hydrogen-bond acceptors (Lipinski definition) is 4. The molecule has 0 saturated carbocycles. The number of nitriles is 1. The van der Waals surface area contributed by atoms with Crippen molar-refractivity contribution < 1.29 is 14.3 Å². The second kappa shape index (κ2) is 9.68. The van der Waals surface area contributed by atoms with E-state index in [4.69, 9.17) is 27.5 Å². The summed E-state index contributed by atoms with van der Waals surface area (Å²) in [6, 6.07) is 11.9. The highest BCUT2D eigenvalue weighted by atomic mass is 79.9. The molecule has 0 saturated heterocycles. The quantitative estimate of drug-likeness (QED) is 0.398. The molecule has 7 heteroatoms. The van der Waals surface area contributed by atoms with Crippen LogP contribution in [-0.2, 0) is 4.79 Å². The van der Waals surface area contributed by atoms with E-state index in [0.29, 0.717) is 32.2 Å². The molecule has 0 aromatic heterocycles. The molecule has 2 aromatic rings. The Balaban J connectivity index is 2.41. The van der Waals surface area contributed by atoms with Crippen LogP contribution in [0.4, 0.5) is 5.69 Å². The van der Waals surface area contributed by atoms with Crippen molar-refractivity contribution in [2.45, 2.75) is 0 Å². The first-order chi connectivity index (χ1) is 13.0. The van der Waals surface area contributed by atoms with Gasteiger partial charge in [-0.1, -0.05) is 39.5 Å². The summed E-state index contributed by atoms with van der Waals surface area (Å²) < 4.78 is 11.5. The Labute approximate surface area is 170 Å². The fourth-order valence-corrected chi connectivity index (χ4v) is 2.83. The number of amides is 1. The Morgan fingerprint density at radius 3 is 2.81 bits per heavy atom. The highest BCUT2D eigenvalue weighted by molar-refractivity contribution is 9.10. The first kappa shape index (κ1) is 20.4. The van der Waals surface area contributed by atoms with Gasteiger partial charge in [-0.15, -0.1) is 6.42 Å². The van der Waals surface area contributed by atoms with Crippen molar-refractivity contribution in [3.63, 3.8) is 0 Å². The summed E-state index contributed by atoms with van der Waals surface area (Å²) in [5.41, 5.74) is 0.819. The van der Waals surface area contributed by atoms with E-state index in [2.05, 4.69) is 27.2 Å². The van der Waals surface area contributed by atoms with Crippen LogP contribution in [0.5, 0.6) is 11.5 Å². The van der Waals surface area contributed by atoms with Gasteiger partial charge >= 0.3 is 0 Å². The maximum atomic E-state index is 12.5. The highest BCUT2D eigenvalue weighted by Crippen LogP contribution is 2.36. The Morgan fingerprint density at radius 1 is 1.41 bits per heavy atom. The van der Waals surface area contributed by atoms with Gasteiger partial charge in [0.2, 0.25) is 0 Å². The molecular formula is C20H14BrClN2O3. The number of ether oxygens (including phenoxy) is 2. The number of nitrogens with zero attached hydrogens (tertiary/aromatic N) is 1. The van der Waals surface area contributed by atoms with Crippen LogP contribution in [0.3, 0.4) is 0 Å². The number of halogens is 2. The molecule has 0 heterocycles. The van der Waals surface area contributed by atoms with Gasteiger partial charge in [0, 0.05) is 20.7 Å². The minimum absolute atomic E-state index is 0.00936. The maximum absolute atomic E-state index is 12.5. The van der Waals surface area contributed by atoms with E-state index in [1.54, 1.807) is 36.4 Å². The average molecular weight is 446 g/mol. The number of carbonyl (C=O) groups is 1. The van der Waals surface area contributed by atoms with Crippen LogP contribution >= 0.6 is 27.5 Å². The van der Waals surface area contributed by atoms with Gasteiger partial charge in [-0.2, -0.15) is 5.26 Å². The predicted octanol–water partition coefficient (Wildman–Crippen LogP) is 4.67. The van der Waals surface area contributed by atoms with Gasteiger partial charge in [0.1, 0.15) is 18.2 Å². The van der Waals surface area contributed by atoms with Crippen LogP contribution < -0.4 is 14.8 Å². The number of nitrogens with one attached hydrogen (secondary N) is 1. The maximum Gasteiger partial charge on any atom is 0.266 e. The topological polar surface area (TPSA) is 71.3 Å². The molecule has 5 nitrogen and oxygen atoms in total. The third-order valence-electron chi connectivity index (χ3n) is 3.32. The number of terminal acetylenes is 1. The molecular weight excluding hydrogens is 432 g/mol. The third kappa shape index (κ3) is 5.52. The molecule has 0 aliphatic carbocycles. The number of rotatable bonds is 6. The lowest BCUT2D eigenvalue weighted by Crippen LogP contribution is -2.13. The molecule has 1 N–H and O–H groups in total. The van der Waals surface area contributed by atoms with E-state index in [-0.39, 0.29) is 12.2 Å². The molecule has 0 aliphatic heterocycles. The van der Waals surface area contributed by atoms with Crippen LogP contribution in [0.1, 0.15) is 5.56 Å². The summed E-state index contributed by atoms with van der Waals surface area (Å²) in [5.74, 6) is 2.54. The van der Waals surface area contributed by atoms with Crippen molar-refractivity contribution in [2.75, 3.05) is 19.0 Å². The zero-order chi connectivity index (χ0) is 19.8. The predicted molar refractivity (Wildman–Crippen MR) is 109 cm³/mol. The summed E-state index contributed by atoms with van der Waals surface area (Å²) in [4.78, 5) is 12.5. The summed E-state index contributed by atoms with van der Waals surface area (Å²) in [7, 11) is 1.48. The van der Waals surface area contributed by atoms with E-state index < -0.39 is 5.91 Å². The molecule has 0 bridgehead atoms. The van der Waals surface area contributed by atoms with Gasteiger partial charge in [0.25, 0.3) is 5.91 Å². The lowest BCUT2D eigenvalue weighted by molar-refractivity contribution is -0.112. The molecule has 0 unspecified atom stereocenters. The van der Waals surface area contributed by atoms with Gasteiger partial charge in [-0.3, -0.25) is 4.79 Å². The van der Waals surface area contributed by atoms with Crippen LogP contribution in [0.25, 0.3) is 6.08 Å². The molecule has 0 radical (unpaired) electrons. The molecule has 1 amide bonds. The normalized spacial score (nSPS) is 10.5. The second-order valence-electron chi connectivity index (χ2n) is 5.15. The lowest BCUT2D eigenvalue weighted by atomic mass is 10.1. The Kier molecular flexibility index (Phi) is 7.31. The number of methoxy groups -OCH3 is 1. The first-order valence-electron chi connectivity index (χ1n) is 7.61. The lowest BCUT2D eigenvalue weighted by Gasteiger charge is -2.13. The van der Waals surface area contributed by atoms with Crippen LogP contribution in [0.15, 0.2) is 46.4 Å². The number of benzene rings is 2. The average Bonchev–Trinajstić information content (AvgIpc) is 2.64. The molecule has 27 heavy (non-hydrogen) atoms. The van der Waals surface area contributed by atoms with Crippen LogP contribution in [0.2, 0.25) is 5.02 Å². The zero-order valence-electron chi connectivity index (χ0n) is 14.3. The van der Waals surface area contributed by atoms with Crippen molar-refractivity contribution in [1.29, 1.82) is 5.26 Å². The standard InChI is InChI=1S/C20H14BrClN2O3/c1-3-7-27-19-13(9-15(21)10-18(19)26-2)8-14(12-23)20(25)24-17-6-4-5-16(22)11-17/h1,4-6,8-11H,7H2,2H3,(H,24,25)/b14-8+. The monoisotopic (exact) mass is 444 g/mol. The van der Waals surface area contributed by atoms with Crippen LogP contribution in [0, 0.1) is 23.7 Å². The minimum atomic E-state index is -0.582. The van der Waals surface area contributed by atoms with E-state index in [0.717, 1.165) is 0 Å². The SMILES string of the molecule is C#CCOc1c(/C=C(\C#N)C(=O)Nc2cccc(Cl)c2)cc(Br)cc1OC. The molecule has 136 valence electrons. The van der Waals surface area contributed by atoms with Crippen molar-refractivity contribution in [3.8, 4) is 29.9 Å². The van der Waals surface area contributed by atoms with Crippen molar-refractivity contribution in [2.24, 2.45) is 0 Å². The van der Waals surface area contributed by atoms with E-state index >= 15 is 0 Å². The van der Waals surface area contributed by atoms with Crippen molar-refractivity contribution >= 4 is 45.2 Å². The second-order valence-corrected chi connectivity index (χ2v) is 6.51. The molecule has 0 atom stereocenters. The third-order valence-corrected chi connectivity index (χ3v) is 4.01. The Morgan fingerprint density at radius 2 is 2.19 bits per heavy atom. The van der Waals surface area contributed by atoms with Gasteiger partial charge in [0.05, 0.1) is 7.11 Å². The van der Waals surface area contributed by atoms with Gasteiger partial charge < -0.3 is 14.8 Å². The Hall–Kier alpha value is -2.93. The van der Waals surface area contributed by atoms with E-state index in [1.807, 2.05) is 6.07 Å². The fourth-order valence-electron chi connectivity index (χ4n) is 2.18. The molecule has 0 spiro atoms. The largest absolute Gasteiger partial charge is 0.493 e. The highest BCUT2D eigenvalue weighted by Gasteiger charge is 2.15. The molecule has 2 aromatic carbocycles. The van der Waals surface area contributed by atoms with Crippen molar-refractivity contribution in [3.05, 3.63) is 57.0 Å². The molecule has 2 rings (SSSR count). The van der Waals surface area contributed by atoms with Gasteiger partial charge in [0.15, 0.2) is 11.5 Å². The fraction of sp³-hybridized carbons (Fsp3) is 0.100. The summed E-state index contributed by atoms with van der Waals surface area (Å²) in [6.07, 6.45) is 6.66. The van der Waals surface area contributed by atoms with Gasteiger partial charge in [-0.25, -0.2) is 0 Å². The van der Waals surface area contributed by atoms with E-state index in [1.165, 1.54) is 13.2 Å². The van der Waals surface area contributed by atoms with Gasteiger partial charge in [-0.05, 0) is 36.4 Å². The summed E-state index contributed by atoms with van der Waals surface area (Å²) >= 11 is 9.27. The first-order valence-corrected chi connectivity index (χ1v) is 8.78. The summed E-state index contributed by atoms with van der Waals surface area (Å²) in [6.45, 7) is 0.00936. The van der Waals surface area contributed by atoms with E-state index in [9.17, 15) is 10.1 Å². The number of anilines is 1. The van der Waals surface area contributed by atoms with Crippen molar-refractivity contribution in [1.82, 2.24) is 0 Å². The van der Waals surface area contributed by atoms with Crippen LogP contribution in [-0.4, -0.2) is 19.6 Å². The number of hydrogen-bond donors (Lipinski definition) is 1. The Bertz CT molecular complexity index is 974. The molecule has 0 fully saturated rings. The minimum Gasteiger partial charge on any atom is -0.493 e. The smallest absolute Gasteiger partial charge is 0.266 e. The zero-order valence-corrected chi connectivity index (χ0v) is 16.6. The summed E-state index contributed by atoms with van der Waals surface area (Å²) in [5, 5.41) is 12.5.